The minimum atomic E-state index is -0.238. The Labute approximate surface area is 121 Å². The molecule has 0 aliphatic heterocycles. The highest BCUT2D eigenvalue weighted by molar-refractivity contribution is 6.42. The SMILES string of the molecule is NC(Cc1cccc(Cl)c1Cl)c1ccc(Cl)cn1. The normalized spacial score (nSPS) is 12.4. The maximum atomic E-state index is 6.12. The van der Waals surface area contributed by atoms with Gasteiger partial charge < -0.3 is 5.73 Å². The quantitative estimate of drug-likeness (QED) is 0.918. The van der Waals surface area contributed by atoms with Crippen molar-refractivity contribution >= 4 is 34.8 Å². The largest absolute Gasteiger partial charge is 0.322 e. The molecule has 2 N–H and O–H groups in total. The number of halogens is 3. The highest BCUT2D eigenvalue weighted by Gasteiger charge is 2.12. The second-order valence-corrected chi connectivity index (χ2v) is 5.15. The Morgan fingerprint density at radius 1 is 1.11 bits per heavy atom. The van der Waals surface area contributed by atoms with E-state index < -0.39 is 0 Å². The number of aromatic nitrogens is 1. The molecule has 2 aromatic rings. The summed E-state index contributed by atoms with van der Waals surface area (Å²) in [5.74, 6) is 0. The van der Waals surface area contributed by atoms with Gasteiger partial charge in [0.05, 0.1) is 26.8 Å². The van der Waals surface area contributed by atoms with Crippen LogP contribution in [-0.4, -0.2) is 4.98 Å². The first kappa shape index (κ1) is 13.6. The van der Waals surface area contributed by atoms with Gasteiger partial charge in [-0.1, -0.05) is 46.9 Å². The Balaban J connectivity index is 2.18. The molecule has 0 spiro atoms. The Morgan fingerprint density at radius 3 is 2.56 bits per heavy atom. The monoisotopic (exact) mass is 300 g/mol. The first-order valence-corrected chi connectivity index (χ1v) is 6.51. The van der Waals surface area contributed by atoms with Gasteiger partial charge >= 0.3 is 0 Å². The molecule has 0 radical (unpaired) electrons. The van der Waals surface area contributed by atoms with Gasteiger partial charge in [-0.05, 0) is 30.2 Å². The topological polar surface area (TPSA) is 38.9 Å². The molecule has 5 heteroatoms. The number of benzene rings is 1. The number of rotatable bonds is 3. The molecule has 0 saturated carbocycles. The third kappa shape index (κ3) is 3.15. The van der Waals surface area contributed by atoms with Crippen LogP contribution in [0.2, 0.25) is 15.1 Å². The van der Waals surface area contributed by atoms with Crippen LogP contribution in [0, 0.1) is 0 Å². The van der Waals surface area contributed by atoms with Crippen molar-refractivity contribution in [1.29, 1.82) is 0 Å². The fourth-order valence-corrected chi connectivity index (χ4v) is 2.16. The van der Waals surface area contributed by atoms with E-state index in [0.29, 0.717) is 21.5 Å². The lowest BCUT2D eigenvalue weighted by molar-refractivity contribution is 0.697. The van der Waals surface area contributed by atoms with Crippen LogP contribution in [-0.2, 0) is 6.42 Å². The van der Waals surface area contributed by atoms with E-state index in [1.54, 1.807) is 18.3 Å². The Kier molecular flexibility index (Phi) is 4.46. The standard InChI is InChI=1S/C13H11Cl3N2/c14-9-4-5-12(18-7-9)11(17)6-8-2-1-3-10(15)13(8)16/h1-5,7,11H,6,17H2. The van der Waals surface area contributed by atoms with Crippen LogP contribution >= 0.6 is 34.8 Å². The average molecular weight is 302 g/mol. The highest BCUT2D eigenvalue weighted by Crippen LogP contribution is 2.28. The van der Waals surface area contributed by atoms with Gasteiger partial charge in [-0.25, -0.2) is 0 Å². The molecular weight excluding hydrogens is 291 g/mol. The van der Waals surface area contributed by atoms with Gasteiger partial charge in [-0.3, -0.25) is 4.98 Å². The second kappa shape index (κ2) is 5.89. The van der Waals surface area contributed by atoms with E-state index in [2.05, 4.69) is 4.98 Å². The maximum Gasteiger partial charge on any atom is 0.0624 e. The van der Waals surface area contributed by atoms with Crippen molar-refractivity contribution in [2.45, 2.75) is 12.5 Å². The lowest BCUT2D eigenvalue weighted by atomic mass is 10.0. The fourth-order valence-electron chi connectivity index (χ4n) is 1.65. The van der Waals surface area contributed by atoms with Crippen LogP contribution < -0.4 is 5.73 Å². The molecule has 0 aliphatic carbocycles. The van der Waals surface area contributed by atoms with Gasteiger partial charge in [0.2, 0.25) is 0 Å². The zero-order valence-electron chi connectivity index (χ0n) is 9.41. The average Bonchev–Trinajstić information content (AvgIpc) is 2.36. The summed E-state index contributed by atoms with van der Waals surface area (Å²) in [6, 6.07) is 8.85. The van der Waals surface area contributed by atoms with Gasteiger partial charge in [0.1, 0.15) is 0 Å². The summed E-state index contributed by atoms with van der Waals surface area (Å²) in [5, 5.41) is 1.67. The van der Waals surface area contributed by atoms with E-state index in [-0.39, 0.29) is 6.04 Å². The summed E-state index contributed by atoms with van der Waals surface area (Å²) in [5.41, 5.74) is 7.77. The molecular formula is C13H11Cl3N2. The summed E-state index contributed by atoms with van der Waals surface area (Å²) in [4.78, 5) is 4.19. The van der Waals surface area contributed by atoms with Gasteiger partial charge in [0, 0.05) is 6.20 Å². The van der Waals surface area contributed by atoms with E-state index in [1.807, 2.05) is 18.2 Å². The van der Waals surface area contributed by atoms with Crippen molar-refractivity contribution in [3.63, 3.8) is 0 Å². The van der Waals surface area contributed by atoms with Crippen LogP contribution in [0.3, 0.4) is 0 Å². The molecule has 1 aromatic heterocycles. The third-order valence-corrected chi connectivity index (χ3v) is 3.68. The number of pyridine rings is 1. The van der Waals surface area contributed by atoms with E-state index in [1.165, 1.54) is 0 Å². The molecule has 0 amide bonds. The smallest absolute Gasteiger partial charge is 0.0624 e. The number of hydrogen-bond acceptors (Lipinski definition) is 2. The van der Waals surface area contributed by atoms with Crippen molar-refractivity contribution in [3.8, 4) is 0 Å². The molecule has 2 nitrogen and oxygen atoms in total. The molecule has 0 bridgehead atoms. The summed E-state index contributed by atoms with van der Waals surface area (Å²) in [6.45, 7) is 0. The van der Waals surface area contributed by atoms with Crippen LogP contribution in [0.25, 0.3) is 0 Å². The van der Waals surface area contributed by atoms with Gasteiger partial charge in [0.25, 0.3) is 0 Å². The predicted molar refractivity (Wildman–Crippen MR) is 76.3 cm³/mol. The van der Waals surface area contributed by atoms with Crippen molar-refractivity contribution in [3.05, 3.63) is 62.9 Å². The van der Waals surface area contributed by atoms with Crippen molar-refractivity contribution in [2.24, 2.45) is 5.73 Å². The highest BCUT2D eigenvalue weighted by atomic mass is 35.5. The first-order valence-electron chi connectivity index (χ1n) is 5.38. The Morgan fingerprint density at radius 2 is 1.89 bits per heavy atom. The molecule has 18 heavy (non-hydrogen) atoms. The molecule has 1 heterocycles. The predicted octanol–water partition coefficient (Wildman–Crippen LogP) is 4.28. The van der Waals surface area contributed by atoms with Crippen LogP contribution in [0.4, 0.5) is 0 Å². The molecule has 94 valence electrons. The molecule has 1 unspecified atom stereocenters. The molecule has 0 aliphatic rings. The molecule has 2 rings (SSSR count). The van der Waals surface area contributed by atoms with Crippen LogP contribution in [0.1, 0.15) is 17.3 Å². The Hall–Kier alpha value is -0.800. The van der Waals surface area contributed by atoms with E-state index in [9.17, 15) is 0 Å². The fraction of sp³-hybridized carbons (Fsp3) is 0.154. The lowest BCUT2D eigenvalue weighted by Gasteiger charge is -2.12. The number of nitrogens with two attached hydrogens (primary N) is 1. The van der Waals surface area contributed by atoms with Crippen LogP contribution in [0.5, 0.6) is 0 Å². The minimum Gasteiger partial charge on any atom is -0.322 e. The first-order chi connectivity index (χ1) is 8.58. The summed E-state index contributed by atoms with van der Waals surface area (Å²) in [7, 11) is 0. The number of hydrogen-bond donors (Lipinski definition) is 1. The van der Waals surface area contributed by atoms with Gasteiger partial charge in [-0.2, -0.15) is 0 Å². The van der Waals surface area contributed by atoms with E-state index in [0.717, 1.165) is 11.3 Å². The zero-order chi connectivity index (χ0) is 13.1. The molecule has 0 saturated heterocycles. The lowest BCUT2D eigenvalue weighted by Crippen LogP contribution is -2.15. The van der Waals surface area contributed by atoms with Crippen molar-refractivity contribution in [2.75, 3.05) is 0 Å². The maximum absolute atomic E-state index is 6.12. The third-order valence-electron chi connectivity index (χ3n) is 2.60. The van der Waals surface area contributed by atoms with Gasteiger partial charge in [-0.15, -0.1) is 0 Å². The molecule has 1 aromatic carbocycles. The molecule has 1 atom stereocenters. The van der Waals surface area contributed by atoms with Crippen molar-refractivity contribution in [1.82, 2.24) is 4.98 Å². The summed E-state index contributed by atoms with van der Waals surface area (Å²) < 4.78 is 0. The zero-order valence-corrected chi connectivity index (χ0v) is 11.7. The Bertz CT molecular complexity index is 540. The van der Waals surface area contributed by atoms with Crippen LogP contribution in [0.15, 0.2) is 36.5 Å². The summed E-state index contributed by atoms with van der Waals surface area (Å²) in [6.07, 6.45) is 2.16. The minimum absolute atomic E-state index is 0.238. The van der Waals surface area contributed by atoms with Crippen molar-refractivity contribution < 1.29 is 0 Å². The molecule has 0 fully saturated rings. The summed E-state index contributed by atoms with van der Waals surface area (Å²) >= 11 is 17.9. The van der Waals surface area contributed by atoms with Gasteiger partial charge in [0.15, 0.2) is 0 Å². The number of nitrogens with zero attached hydrogens (tertiary/aromatic N) is 1. The van der Waals surface area contributed by atoms with E-state index >= 15 is 0 Å². The second-order valence-electron chi connectivity index (χ2n) is 3.92. The van der Waals surface area contributed by atoms with E-state index in [4.69, 9.17) is 40.5 Å².